The zero-order chi connectivity index (χ0) is 17.5. The van der Waals surface area contributed by atoms with E-state index in [-0.39, 0.29) is 24.3 Å². The monoisotopic (exact) mass is 330 g/mol. The zero-order valence-electron chi connectivity index (χ0n) is 14.0. The van der Waals surface area contributed by atoms with E-state index >= 15 is 0 Å². The first kappa shape index (κ1) is 17.6. The van der Waals surface area contributed by atoms with E-state index in [0.717, 1.165) is 0 Å². The Morgan fingerprint density at radius 3 is 2.54 bits per heavy atom. The molecule has 1 heterocycles. The molecule has 24 heavy (non-hydrogen) atoms. The van der Waals surface area contributed by atoms with E-state index in [1.165, 1.54) is 7.11 Å². The van der Waals surface area contributed by atoms with Crippen LogP contribution in [0.5, 0.6) is 5.75 Å². The maximum absolute atomic E-state index is 12.5. The summed E-state index contributed by atoms with van der Waals surface area (Å²) in [5, 5.41) is 5.55. The lowest BCUT2D eigenvalue weighted by molar-refractivity contribution is -0.124. The summed E-state index contributed by atoms with van der Waals surface area (Å²) >= 11 is 0. The number of benzene rings is 1. The predicted octanol–water partition coefficient (Wildman–Crippen LogP) is 2.36. The van der Waals surface area contributed by atoms with Crippen molar-refractivity contribution in [2.45, 2.75) is 26.4 Å². The van der Waals surface area contributed by atoms with Gasteiger partial charge in [0.05, 0.1) is 25.5 Å². The molecule has 1 atom stereocenters. The summed E-state index contributed by atoms with van der Waals surface area (Å²) in [6.45, 7) is 4.03. The maximum Gasteiger partial charge on any atom is 0.255 e. The molecule has 0 saturated carbocycles. The van der Waals surface area contributed by atoms with Crippen LogP contribution in [0, 0.1) is 5.92 Å². The van der Waals surface area contributed by atoms with E-state index in [0.29, 0.717) is 17.1 Å². The van der Waals surface area contributed by atoms with E-state index in [1.807, 2.05) is 13.8 Å². The van der Waals surface area contributed by atoms with Gasteiger partial charge in [0.15, 0.2) is 0 Å². The van der Waals surface area contributed by atoms with Gasteiger partial charge in [0, 0.05) is 0 Å². The highest BCUT2D eigenvalue weighted by atomic mass is 16.5. The Bertz CT molecular complexity index is 680. The van der Waals surface area contributed by atoms with Gasteiger partial charge in [-0.3, -0.25) is 9.59 Å². The van der Waals surface area contributed by atoms with Gasteiger partial charge in [-0.15, -0.1) is 0 Å². The Labute approximate surface area is 141 Å². The number of carbonyl (C=O) groups is 2. The lowest BCUT2D eigenvalue weighted by Crippen LogP contribution is -2.49. The number of ether oxygens (including phenoxy) is 1. The van der Waals surface area contributed by atoms with Crippen LogP contribution < -0.4 is 15.4 Å². The molecular weight excluding hydrogens is 308 g/mol. The SMILES string of the molecule is COc1ccccc1C(=O)N[C@@H](C(=O)NCc1ccco1)C(C)C. The van der Waals surface area contributed by atoms with Gasteiger partial charge in [0.2, 0.25) is 5.91 Å². The molecule has 6 heteroatoms. The molecule has 6 nitrogen and oxygen atoms in total. The Morgan fingerprint density at radius 2 is 1.92 bits per heavy atom. The fraction of sp³-hybridized carbons (Fsp3) is 0.333. The van der Waals surface area contributed by atoms with Crippen molar-refractivity contribution in [2.24, 2.45) is 5.92 Å². The van der Waals surface area contributed by atoms with Gasteiger partial charge in [-0.1, -0.05) is 26.0 Å². The van der Waals surface area contributed by atoms with Crippen molar-refractivity contribution in [2.75, 3.05) is 7.11 Å². The lowest BCUT2D eigenvalue weighted by Gasteiger charge is -2.22. The lowest BCUT2D eigenvalue weighted by atomic mass is 10.0. The summed E-state index contributed by atoms with van der Waals surface area (Å²) < 4.78 is 10.4. The molecule has 2 N–H and O–H groups in total. The number of para-hydroxylation sites is 1. The van der Waals surface area contributed by atoms with Gasteiger partial charge in [-0.25, -0.2) is 0 Å². The highest BCUT2D eigenvalue weighted by Crippen LogP contribution is 2.17. The summed E-state index contributed by atoms with van der Waals surface area (Å²) in [6.07, 6.45) is 1.55. The third-order valence-electron chi connectivity index (χ3n) is 3.60. The van der Waals surface area contributed by atoms with Crippen LogP contribution in [-0.2, 0) is 11.3 Å². The van der Waals surface area contributed by atoms with Gasteiger partial charge >= 0.3 is 0 Å². The molecule has 0 aliphatic rings. The van der Waals surface area contributed by atoms with Crippen LogP contribution >= 0.6 is 0 Å². The van der Waals surface area contributed by atoms with Crippen molar-refractivity contribution in [3.63, 3.8) is 0 Å². The number of rotatable bonds is 7. The van der Waals surface area contributed by atoms with Crippen molar-refractivity contribution < 1.29 is 18.7 Å². The third-order valence-corrected chi connectivity index (χ3v) is 3.60. The molecule has 2 rings (SSSR count). The van der Waals surface area contributed by atoms with Crippen molar-refractivity contribution >= 4 is 11.8 Å². The molecule has 2 amide bonds. The molecule has 0 bridgehead atoms. The Hall–Kier alpha value is -2.76. The molecule has 0 spiro atoms. The van der Waals surface area contributed by atoms with Gasteiger partial charge in [-0.05, 0) is 30.2 Å². The largest absolute Gasteiger partial charge is 0.496 e. The van der Waals surface area contributed by atoms with E-state index in [4.69, 9.17) is 9.15 Å². The number of nitrogens with one attached hydrogen (secondary N) is 2. The van der Waals surface area contributed by atoms with Gasteiger partial charge in [0.1, 0.15) is 17.6 Å². The average Bonchev–Trinajstić information content (AvgIpc) is 3.10. The van der Waals surface area contributed by atoms with Crippen LogP contribution in [0.4, 0.5) is 0 Å². The fourth-order valence-electron chi connectivity index (χ4n) is 2.28. The average molecular weight is 330 g/mol. The standard InChI is InChI=1S/C18H22N2O4/c1-12(2)16(18(22)19-11-13-7-6-10-24-13)20-17(21)14-8-4-5-9-15(14)23-3/h4-10,12,16H,11H2,1-3H3,(H,19,22)(H,20,21)/t16-/m1/s1. The first-order valence-corrected chi connectivity index (χ1v) is 7.77. The fourth-order valence-corrected chi connectivity index (χ4v) is 2.28. The summed E-state index contributed by atoms with van der Waals surface area (Å²) in [5.74, 6) is 0.444. The van der Waals surface area contributed by atoms with Gasteiger partial charge < -0.3 is 19.8 Å². The Balaban J connectivity index is 2.04. The molecule has 0 fully saturated rings. The molecule has 0 radical (unpaired) electrons. The minimum Gasteiger partial charge on any atom is -0.496 e. The molecular formula is C18H22N2O4. The summed E-state index contributed by atoms with van der Waals surface area (Å²) in [6, 6.07) is 9.77. The highest BCUT2D eigenvalue weighted by Gasteiger charge is 2.25. The van der Waals surface area contributed by atoms with E-state index in [2.05, 4.69) is 10.6 Å². The van der Waals surface area contributed by atoms with Gasteiger partial charge in [0.25, 0.3) is 5.91 Å². The minimum atomic E-state index is -0.655. The molecule has 1 aromatic heterocycles. The number of hydrogen-bond acceptors (Lipinski definition) is 4. The Kier molecular flexibility index (Phi) is 6.01. The van der Waals surface area contributed by atoms with Gasteiger partial charge in [-0.2, -0.15) is 0 Å². The first-order chi connectivity index (χ1) is 11.5. The van der Waals surface area contributed by atoms with E-state index < -0.39 is 6.04 Å². The highest BCUT2D eigenvalue weighted by molar-refractivity contribution is 5.99. The normalized spacial score (nSPS) is 11.8. The van der Waals surface area contributed by atoms with Crippen LogP contribution in [0.15, 0.2) is 47.1 Å². The van der Waals surface area contributed by atoms with Crippen molar-refractivity contribution in [1.82, 2.24) is 10.6 Å². The topological polar surface area (TPSA) is 80.6 Å². The number of methoxy groups -OCH3 is 1. The van der Waals surface area contributed by atoms with E-state index in [9.17, 15) is 9.59 Å². The molecule has 0 aliphatic heterocycles. The molecule has 0 unspecified atom stereocenters. The molecule has 128 valence electrons. The van der Waals surface area contributed by atoms with Crippen LogP contribution in [0.2, 0.25) is 0 Å². The summed E-state index contributed by atoms with van der Waals surface area (Å²) in [7, 11) is 1.50. The Morgan fingerprint density at radius 1 is 1.17 bits per heavy atom. The molecule has 0 saturated heterocycles. The van der Waals surface area contributed by atoms with Crippen molar-refractivity contribution in [3.05, 3.63) is 54.0 Å². The van der Waals surface area contributed by atoms with Crippen LogP contribution in [-0.4, -0.2) is 25.0 Å². The number of furan rings is 1. The molecule has 0 aliphatic carbocycles. The van der Waals surface area contributed by atoms with Crippen LogP contribution in [0.1, 0.15) is 30.0 Å². The van der Waals surface area contributed by atoms with Crippen LogP contribution in [0.25, 0.3) is 0 Å². The quantitative estimate of drug-likeness (QED) is 0.817. The molecule has 2 aromatic rings. The second-order valence-electron chi connectivity index (χ2n) is 5.69. The zero-order valence-corrected chi connectivity index (χ0v) is 14.0. The first-order valence-electron chi connectivity index (χ1n) is 7.77. The van der Waals surface area contributed by atoms with Crippen molar-refractivity contribution in [1.29, 1.82) is 0 Å². The number of carbonyl (C=O) groups excluding carboxylic acids is 2. The molecule has 1 aromatic carbocycles. The minimum absolute atomic E-state index is 0.0692. The number of amides is 2. The number of hydrogen-bond donors (Lipinski definition) is 2. The third kappa shape index (κ3) is 4.38. The summed E-state index contributed by atoms with van der Waals surface area (Å²) in [4.78, 5) is 24.9. The second-order valence-corrected chi connectivity index (χ2v) is 5.69. The maximum atomic E-state index is 12.5. The van der Waals surface area contributed by atoms with E-state index in [1.54, 1.807) is 42.7 Å². The predicted molar refractivity (Wildman–Crippen MR) is 89.6 cm³/mol. The second kappa shape index (κ2) is 8.19. The van der Waals surface area contributed by atoms with Crippen LogP contribution in [0.3, 0.4) is 0 Å². The van der Waals surface area contributed by atoms with Crippen molar-refractivity contribution in [3.8, 4) is 5.75 Å². The summed E-state index contributed by atoms with van der Waals surface area (Å²) in [5.41, 5.74) is 0.393. The smallest absolute Gasteiger partial charge is 0.255 e.